The first-order chi connectivity index (χ1) is 25.2. The average molecular weight is 653 g/mol. The molecule has 0 amide bonds. The van der Waals surface area contributed by atoms with Gasteiger partial charge in [0.2, 0.25) is 5.89 Å². The van der Waals surface area contributed by atoms with Crippen molar-refractivity contribution in [3.63, 3.8) is 0 Å². The maximum Gasteiger partial charge on any atom is 0.227 e. The van der Waals surface area contributed by atoms with E-state index in [1.165, 1.54) is 10.8 Å². The molecule has 2 aromatic heterocycles. The van der Waals surface area contributed by atoms with Crippen LogP contribution in [-0.4, -0.2) is 19.9 Å². The van der Waals surface area contributed by atoms with E-state index in [4.69, 9.17) is 24.4 Å². The van der Waals surface area contributed by atoms with E-state index in [1.54, 1.807) is 0 Å². The van der Waals surface area contributed by atoms with E-state index in [9.17, 15) is 0 Å². The van der Waals surface area contributed by atoms with E-state index in [0.717, 1.165) is 60.4 Å². The van der Waals surface area contributed by atoms with Crippen LogP contribution in [0.25, 0.3) is 100 Å². The molecule has 0 radical (unpaired) electrons. The highest BCUT2D eigenvalue weighted by molar-refractivity contribution is 6.10. The molecule has 0 bridgehead atoms. The number of nitrogens with zero attached hydrogens (tertiary/aromatic N) is 4. The summed E-state index contributed by atoms with van der Waals surface area (Å²) < 4.78 is 6.51. The van der Waals surface area contributed by atoms with Gasteiger partial charge in [0.15, 0.2) is 23.1 Å². The summed E-state index contributed by atoms with van der Waals surface area (Å²) in [6, 6.07) is 58.4. The van der Waals surface area contributed by atoms with Crippen molar-refractivity contribution in [2.45, 2.75) is 0 Å². The van der Waals surface area contributed by atoms with Crippen molar-refractivity contribution in [1.29, 1.82) is 0 Å². The molecule has 8 aromatic carbocycles. The predicted octanol–water partition coefficient (Wildman–Crippen LogP) is 11.8. The lowest BCUT2D eigenvalue weighted by Crippen LogP contribution is -2.00. The highest BCUT2D eigenvalue weighted by Crippen LogP contribution is 2.37. The molecule has 0 atom stereocenters. The molecular weight excluding hydrogens is 625 g/mol. The normalized spacial score (nSPS) is 11.5. The van der Waals surface area contributed by atoms with Crippen LogP contribution in [-0.2, 0) is 0 Å². The topological polar surface area (TPSA) is 64.7 Å². The smallest absolute Gasteiger partial charge is 0.227 e. The lowest BCUT2D eigenvalue weighted by atomic mass is 10.00. The first-order valence-corrected chi connectivity index (χ1v) is 17.0. The first kappa shape index (κ1) is 29.0. The lowest BCUT2D eigenvalue weighted by Gasteiger charge is -2.11. The van der Waals surface area contributed by atoms with E-state index in [0.29, 0.717) is 28.9 Å². The van der Waals surface area contributed by atoms with Gasteiger partial charge in [0.05, 0.1) is 0 Å². The molecule has 10 aromatic rings. The van der Waals surface area contributed by atoms with Gasteiger partial charge in [0.25, 0.3) is 0 Å². The second-order valence-electron chi connectivity index (χ2n) is 12.7. The number of oxazole rings is 1. The SMILES string of the molecule is c1ccc(-c2nc3ccc4cccc(-c5nc(-c6ccc(-c7ccc8ccccc8c7)cc6)nc(-c6ccc7ccccc7c6)n5)c4c3o2)cc1. The minimum absolute atomic E-state index is 0.567. The van der Waals surface area contributed by atoms with Crippen LogP contribution < -0.4 is 0 Å². The minimum atomic E-state index is 0.567. The fourth-order valence-electron chi connectivity index (χ4n) is 6.91. The Balaban J connectivity index is 1.15. The van der Waals surface area contributed by atoms with Crippen LogP contribution >= 0.6 is 0 Å². The zero-order valence-electron chi connectivity index (χ0n) is 27.4. The number of rotatable bonds is 5. The van der Waals surface area contributed by atoms with Gasteiger partial charge in [-0.2, -0.15) is 0 Å². The molecule has 0 aliphatic heterocycles. The molecule has 0 fully saturated rings. The summed E-state index contributed by atoms with van der Waals surface area (Å²) in [5.74, 6) is 2.34. The minimum Gasteiger partial charge on any atom is -0.435 e. The molecule has 0 aliphatic rings. The first-order valence-electron chi connectivity index (χ1n) is 17.0. The van der Waals surface area contributed by atoms with Crippen molar-refractivity contribution in [3.8, 4) is 56.7 Å². The Kier molecular flexibility index (Phi) is 6.74. The fourth-order valence-corrected chi connectivity index (χ4v) is 6.91. The summed E-state index contributed by atoms with van der Waals surface area (Å²) >= 11 is 0. The number of aromatic nitrogens is 4. The van der Waals surface area contributed by atoms with Gasteiger partial charge in [-0.25, -0.2) is 19.9 Å². The standard InChI is InChI=1S/C46H28N4O/c1-2-11-34(12-3-1)46-47-40-26-25-32-15-8-16-39(41(32)42(40)51-46)45-49-43(48-44(50-45)38-24-20-30-10-5-7-14-36(30)28-38)33-21-17-31(18-22-33)37-23-19-29-9-4-6-13-35(29)27-37/h1-28H. The predicted molar refractivity (Wildman–Crippen MR) is 207 cm³/mol. The second kappa shape index (κ2) is 11.9. The summed E-state index contributed by atoms with van der Waals surface area (Å²) in [5.41, 5.74) is 7.38. The van der Waals surface area contributed by atoms with Crippen molar-refractivity contribution >= 4 is 43.4 Å². The van der Waals surface area contributed by atoms with Crippen LogP contribution in [0.1, 0.15) is 0 Å². The van der Waals surface area contributed by atoms with Crippen LogP contribution in [0.4, 0.5) is 0 Å². The third kappa shape index (κ3) is 5.20. The molecule has 0 saturated carbocycles. The molecule has 0 aliphatic carbocycles. The third-order valence-corrected chi connectivity index (χ3v) is 9.53. The van der Waals surface area contributed by atoms with Gasteiger partial charge in [-0.3, -0.25) is 0 Å². The van der Waals surface area contributed by atoms with Gasteiger partial charge < -0.3 is 4.42 Å². The molecule has 0 saturated heterocycles. The van der Waals surface area contributed by atoms with Crippen molar-refractivity contribution < 1.29 is 4.42 Å². The second-order valence-corrected chi connectivity index (χ2v) is 12.7. The maximum atomic E-state index is 6.51. The molecular formula is C46H28N4O. The van der Waals surface area contributed by atoms with E-state index >= 15 is 0 Å². The highest BCUT2D eigenvalue weighted by atomic mass is 16.3. The summed E-state index contributed by atoms with van der Waals surface area (Å²) in [6.07, 6.45) is 0. The molecule has 5 heteroatoms. The Hall–Kier alpha value is -6.98. The largest absolute Gasteiger partial charge is 0.435 e. The zero-order valence-corrected chi connectivity index (χ0v) is 27.4. The lowest BCUT2D eigenvalue weighted by molar-refractivity contribution is 0.623. The van der Waals surface area contributed by atoms with E-state index in [-0.39, 0.29) is 0 Å². The van der Waals surface area contributed by atoms with Crippen molar-refractivity contribution in [3.05, 3.63) is 170 Å². The maximum absolute atomic E-state index is 6.51. The average Bonchev–Trinajstić information content (AvgIpc) is 3.66. The Labute approximate surface area is 293 Å². The zero-order chi connectivity index (χ0) is 33.7. The van der Waals surface area contributed by atoms with Gasteiger partial charge in [-0.1, -0.05) is 140 Å². The Morgan fingerprint density at radius 1 is 0.333 bits per heavy atom. The van der Waals surface area contributed by atoms with Crippen molar-refractivity contribution in [2.75, 3.05) is 0 Å². The molecule has 0 N–H and O–H groups in total. The molecule has 10 rings (SSSR count). The molecule has 0 spiro atoms. The quantitative estimate of drug-likeness (QED) is 0.185. The van der Waals surface area contributed by atoms with E-state index in [2.05, 4.69) is 127 Å². The Morgan fingerprint density at radius 3 is 1.63 bits per heavy atom. The van der Waals surface area contributed by atoms with Crippen LogP contribution in [0, 0.1) is 0 Å². The van der Waals surface area contributed by atoms with Crippen LogP contribution in [0.5, 0.6) is 0 Å². The van der Waals surface area contributed by atoms with Gasteiger partial charge in [-0.05, 0) is 68.4 Å². The van der Waals surface area contributed by atoms with Gasteiger partial charge >= 0.3 is 0 Å². The number of fused-ring (bicyclic) bond motifs is 5. The summed E-state index contributed by atoms with van der Waals surface area (Å²) in [5, 5.41) is 6.66. The van der Waals surface area contributed by atoms with Gasteiger partial charge in [0.1, 0.15) is 5.52 Å². The fraction of sp³-hybridized carbons (Fsp3) is 0. The number of hydrogen-bond acceptors (Lipinski definition) is 5. The van der Waals surface area contributed by atoms with E-state index < -0.39 is 0 Å². The molecule has 0 unspecified atom stereocenters. The summed E-state index contributed by atoms with van der Waals surface area (Å²) in [4.78, 5) is 20.2. The van der Waals surface area contributed by atoms with Gasteiger partial charge in [0, 0.05) is 27.6 Å². The molecule has 5 nitrogen and oxygen atoms in total. The molecule has 238 valence electrons. The molecule has 51 heavy (non-hydrogen) atoms. The van der Waals surface area contributed by atoms with E-state index in [1.807, 2.05) is 42.5 Å². The number of hydrogen-bond donors (Lipinski definition) is 0. The summed E-state index contributed by atoms with van der Waals surface area (Å²) in [7, 11) is 0. The Morgan fingerprint density at radius 2 is 0.882 bits per heavy atom. The third-order valence-electron chi connectivity index (χ3n) is 9.53. The van der Waals surface area contributed by atoms with Crippen LogP contribution in [0.3, 0.4) is 0 Å². The molecule has 2 heterocycles. The van der Waals surface area contributed by atoms with Crippen molar-refractivity contribution in [1.82, 2.24) is 19.9 Å². The van der Waals surface area contributed by atoms with Crippen molar-refractivity contribution in [2.24, 2.45) is 0 Å². The van der Waals surface area contributed by atoms with Crippen LogP contribution in [0.2, 0.25) is 0 Å². The number of benzene rings is 8. The van der Waals surface area contributed by atoms with Gasteiger partial charge in [-0.15, -0.1) is 0 Å². The Bertz CT molecular complexity index is 2910. The van der Waals surface area contributed by atoms with Crippen LogP contribution in [0.15, 0.2) is 174 Å². The monoisotopic (exact) mass is 652 g/mol. The summed E-state index contributed by atoms with van der Waals surface area (Å²) in [6.45, 7) is 0. The highest BCUT2D eigenvalue weighted by Gasteiger charge is 2.19.